The molecule has 3 aromatic heterocycles. The van der Waals surface area contributed by atoms with E-state index in [1.807, 2.05) is 23.6 Å². The Balaban J connectivity index is 1.71. The number of thiophene rings is 1. The van der Waals surface area contributed by atoms with Gasteiger partial charge in [-0.25, -0.2) is 13.1 Å². The summed E-state index contributed by atoms with van der Waals surface area (Å²) in [6, 6.07) is 10.6. The van der Waals surface area contributed by atoms with Crippen molar-refractivity contribution in [2.75, 3.05) is 0 Å². The largest absolute Gasteiger partial charge is 0.459 e. The molecule has 0 saturated carbocycles. The number of hydrogen-bond donors (Lipinski definition) is 1. The van der Waals surface area contributed by atoms with Crippen molar-refractivity contribution in [3.05, 3.63) is 59.9 Å². The molecule has 0 unspecified atom stereocenters. The highest BCUT2D eigenvalue weighted by atomic mass is 32.2. The van der Waals surface area contributed by atoms with Crippen molar-refractivity contribution in [1.29, 1.82) is 0 Å². The summed E-state index contributed by atoms with van der Waals surface area (Å²) in [5.41, 5.74) is 0. The van der Waals surface area contributed by atoms with E-state index in [2.05, 4.69) is 9.71 Å². The zero-order valence-corrected chi connectivity index (χ0v) is 12.5. The van der Waals surface area contributed by atoms with Gasteiger partial charge in [0, 0.05) is 12.4 Å². The van der Waals surface area contributed by atoms with Gasteiger partial charge in [0.15, 0.2) is 0 Å². The SMILES string of the molecule is O=S(=O)(NCc1ccc(-c2cccs2)o1)c1cccnc1. The second kappa shape index (κ2) is 5.80. The molecule has 0 radical (unpaired) electrons. The van der Waals surface area contributed by atoms with Crippen molar-refractivity contribution in [1.82, 2.24) is 9.71 Å². The molecule has 0 bridgehead atoms. The van der Waals surface area contributed by atoms with Gasteiger partial charge in [-0.1, -0.05) is 6.07 Å². The number of nitrogens with one attached hydrogen (secondary N) is 1. The fourth-order valence-electron chi connectivity index (χ4n) is 1.78. The van der Waals surface area contributed by atoms with Crippen molar-refractivity contribution in [3.8, 4) is 10.6 Å². The van der Waals surface area contributed by atoms with E-state index in [1.54, 1.807) is 23.5 Å². The molecule has 0 aliphatic rings. The van der Waals surface area contributed by atoms with E-state index in [1.165, 1.54) is 18.5 Å². The van der Waals surface area contributed by atoms with Crippen LogP contribution in [0.5, 0.6) is 0 Å². The van der Waals surface area contributed by atoms with Crippen LogP contribution in [0, 0.1) is 0 Å². The molecule has 3 rings (SSSR count). The number of furan rings is 1. The average Bonchev–Trinajstić information content (AvgIpc) is 3.17. The van der Waals surface area contributed by atoms with Crippen LogP contribution in [-0.2, 0) is 16.6 Å². The minimum absolute atomic E-state index is 0.0998. The number of sulfonamides is 1. The predicted molar refractivity (Wildman–Crippen MR) is 80.3 cm³/mol. The standard InChI is InChI=1S/C14H12N2O3S2/c17-21(18,12-3-1-7-15-10-12)16-9-11-5-6-13(19-11)14-4-2-8-20-14/h1-8,10,16H,9H2. The molecule has 0 aromatic carbocycles. The van der Waals surface area contributed by atoms with Gasteiger partial charge in [-0.05, 0) is 35.7 Å². The molecule has 0 fully saturated rings. The molecule has 0 saturated heterocycles. The highest BCUT2D eigenvalue weighted by Gasteiger charge is 2.14. The fraction of sp³-hybridized carbons (Fsp3) is 0.0714. The monoisotopic (exact) mass is 320 g/mol. The summed E-state index contributed by atoms with van der Waals surface area (Å²) in [4.78, 5) is 4.95. The van der Waals surface area contributed by atoms with E-state index >= 15 is 0 Å². The second-order valence-electron chi connectivity index (χ2n) is 4.26. The Kier molecular flexibility index (Phi) is 3.87. The third-order valence-corrected chi connectivity index (χ3v) is 5.08. The highest BCUT2D eigenvalue weighted by molar-refractivity contribution is 7.89. The van der Waals surface area contributed by atoms with Crippen LogP contribution in [0.2, 0.25) is 0 Å². The van der Waals surface area contributed by atoms with Gasteiger partial charge >= 0.3 is 0 Å². The molecule has 1 N–H and O–H groups in total. The fourth-order valence-corrected chi connectivity index (χ4v) is 3.42. The lowest BCUT2D eigenvalue weighted by Crippen LogP contribution is -2.23. The summed E-state index contributed by atoms with van der Waals surface area (Å²) in [7, 11) is -3.57. The van der Waals surface area contributed by atoms with Crippen LogP contribution >= 0.6 is 11.3 Å². The van der Waals surface area contributed by atoms with Crippen LogP contribution in [0.4, 0.5) is 0 Å². The maximum Gasteiger partial charge on any atom is 0.242 e. The first-order valence-electron chi connectivity index (χ1n) is 6.17. The van der Waals surface area contributed by atoms with Gasteiger partial charge in [-0.3, -0.25) is 4.98 Å². The Morgan fingerprint density at radius 2 is 2.10 bits per heavy atom. The molecular formula is C14H12N2O3S2. The lowest BCUT2D eigenvalue weighted by molar-refractivity contribution is 0.510. The lowest BCUT2D eigenvalue weighted by atomic mass is 10.3. The first-order chi connectivity index (χ1) is 10.1. The summed E-state index contributed by atoms with van der Waals surface area (Å²) in [6.45, 7) is 0.0998. The molecule has 0 atom stereocenters. The van der Waals surface area contributed by atoms with E-state index in [0.29, 0.717) is 5.76 Å². The molecule has 0 spiro atoms. The van der Waals surface area contributed by atoms with Crippen LogP contribution < -0.4 is 4.72 Å². The Bertz CT molecular complexity index is 809. The first kappa shape index (κ1) is 14.0. The van der Waals surface area contributed by atoms with E-state index < -0.39 is 10.0 Å². The molecule has 0 aliphatic carbocycles. The van der Waals surface area contributed by atoms with Crippen LogP contribution in [0.25, 0.3) is 10.6 Å². The maximum absolute atomic E-state index is 12.1. The number of hydrogen-bond acceptors (Lipinski definition) is 5. The number of rotatable bonds is 5. The predicted octanol–water partition coefficient (Wildman–Crippen LogP) is 2.88. The van der Waals surface area contributed by atoms with Crippen LogP contribution in [0.1, 0.15) is 5.76 Å². The average molecular weight is 320 g/mol. The Hall–Kier alpha value is -1.96. The van der Waals surface area contributed by atoms with Gasteiger partial charge in [0.05, 0.1) is 11.4 Å². The zero-order chi connectivity index (χ0) is 14.7. The van der Waals surface area contributed by atoms with Crippen LogP contribution in [-0.4, -0.2) is 13.4 Å². The first-order valence-corrected chi connectivity index (χ1v) is 8.54. The van der Waals surface area contributed by atoms with Crippen molar-refractivity contribution in [3.63, 3.8) is 0 Å². The van der Waals surface area contributed by atoms with E-state index in [4.69, 9.17) is 4.42 Å². The van der Waals surface area contributed by atoms with Gasteiger partial charge < -0.3 is 4.42 Å². The number of aromatic nitrogens is 1. The molecular weight excluding hydrogens is 308 g/mol. The Morgan fingerprint density at radius 1 is 1.19 bits per heavy atom. The Labute approximate surface area is 126 Å². The van der Waals surface area contributed by atoms with Gasteiger partial charge in [0.1, 0.15) is 16.4 Å². The topological polar surface area (TPSA) is 72.2 Å². The molecule has 0 aliphatic heterocycles. The van der Waals surface area contributed by atoms with Crippen LogP contribution in [0.15, 0.2) is 63.5 Å². The van der Waals surface area contributed by atoms with E-state index in [-0.39, 0.29) is 11.4 Å². The minimum Gasteiger partial charge on any atom is -0.459 e. The molecule has 3 heterocycles. The number of pyridine rings is 1. The third-order valence-electron chi connectivity index (χ3n) is 2.81. The van der Waals surface area contributed by atoms with Crippen molar-refractivity contribution >= 4 is 21.4 Å². The van der Waals surface area contributed by atoms with E-state index in [9.17, 15) is 8.42 Å². The second-order valence-corrected chi connectivity index (χ2v) is 6.97. The van der Waals surface area contributed by atoms with Crippen molar-refractivity contribution in [2.45, 2.75) is 11.4 Å². The lowest BCUT2D eigenvalue weighted by Gasteiger charge is -2.04. The van der Waals surface area contributed by atoms with Gasteiger partial charge in [0.2, 0.25) is 10.0 Å². The van der Waals surface area contributed by atoms with Crippen LogP contribution in [0.3, 0.4) is 0 Å². The summed E-state index contributed by atoms with van der Waals surface area (Å²) >= 11 is 1.57. The highest BCUT2D eigenvalue weighted by Crippen LogP contribution is 2.26. The zero-order valence-electron chi connectivity index (χ0n) is 10.9. The number of nitrogens with zero attached hydrogens (tertiary/aromatic N) is 1. The minimum atomic E-state index is -3.57. The summed E-state index contributed by atoms with van der Waals surface area (Å²) in [5.74, 6) is 1.30. The smallest absolute Gasteiger partial charge is 0.242 e. The molecule has 5 nitrogen and oxygen atoms in total. The molecule has 108 valence electrons. The summed E-state index contributed by atoms with van der Waals surface area (Å²) < 4.78 is 32.2. The van der Waals surface area contributed by atoms with E-state index in [0.717, 1.165) is 10.6 Å². The van der Waals surface area contributed by atoms with Crippen molar-refractivity contribution in [2.24, 2.45) is 0 Å². The van der Waals surface area contributed by atoms with Gasteiger partial charge in [-0.2, -0.15) is 0 Å². The van der Waals surface area contributed by atoms with Crippen molar-refractivity contribution < 1.29 is 12.8 Å². The normalized spacial score (nSPS) is 11.6. The Morgan fingerprint density at radius 3 is 2.81 bits per heavy atom. The molecule has 21 heavy (non-hydrogen) atoms. The quantitative estimate of drug-likeness (QED) is 0.784. The molecule has 7 heteroatoms. The third kappa shape index (κ3) is 3.21. The molecule has 0 amide bonds. The van der Waals surface area contributed by atoms with Gasteiger partial charge in [0.25, 0.3) is 0 Å². The summed E-state index contributed by atoms with van der Waals surface area (Å²) in [5, 5.41) is 1.96. The maximum atomic E-state index is 12.1. The summed E-state index contributed by atoms with van der Waals surface area (Å²) in [6.07, 6.45) is 2.83. The van der Waals surface area contributed by atoms with Gasteiger partial charge in [-0.15, -0.1) is 11.3 Å². The molecule has 3 aromatic rings.